The molecule has 2 N–H and O–H groups in total. The summed E-state index contributed by atoms with van der Waals surface area (Å²) in [5, 5.41) is 8.97. The molecule has 1 saturated heterocycles. The lowest BCUT2D eigenvalue weighted by molar-refractivity contribution is -0.117. The Kier molecular flexibility index (Phi) is 5.05. The third-order valence-corrected chi connectivity index (χ3v) is 5.14. The van der Waals surface area contributed by atoms with Crippen molar-refractivity contribution in [1.29, 1.82) is 5.26 Å². The minimum atomic E-state index is -0.907. The molecule has 3 rings (SSSR count). The van der Waals surface area contributed by atoms with Crippen LogP contribution in [0, 0.1) is 17.1 Å². The van der Waals surface area contributed by atoms with E-state index >= 15 is 0 Å². The van der Waals surface area contributed by atoms with Crippen molar-refractivity contribution in [2.75, 3.05) is 4.90 Å². The Morgan fingerprint density at radius 3 is 2.42 bits per heavy atom. The molecule has 2 aromatic carbocycles. The van der Waals surface area contributed by atoms with Crippen molar-refractivity contribution in [2.45, 2.75) is 11.7 Å². The second-order valence-electron chi connectivity index (χ2n) is 5.60. The summed E-state index contributed by atoms with van der Waals surface area (Å²) in [5.41, 5.74) is 6.35. The maximum Gasteiger partial charge on any atom is 0.262 e. The Balaban J connectivity index is 2.03. The van der Waals surface area contributed by atoms with Gasteiger partial charge in [0, 0.05) is 5.69 Å². The summed E-state index contributed by atoms with van der Waals surface area (Å²) < 4.78 is 13.2. The van der Waals surface area contributed by atoms with Gasteiger partial charge >= 0.3 is 0 Å². The molecular formula is C19H14FN3O2S. The summed E-state index contributed by atoms with van der Waals surface area (Å²) >= 11 is 1.12. The zero-order valence-corrected chi connectivity index (χ0v) is 14.4. The number of hydrogen-bond acceptors (Lipinski definition) is 4. The van der Waals surface area contributed by atoms with E-state index in [9.17, 15) is 19.2 Å². The van der Waals surface area contributed by atoms with Gasteiger partial charge in [-0.2, -0.15) is 5.26 Å². The molecule has 5 nitrogen and oxygen atoms in total. The molecule has 1 aliphatic rings. The van der Waals surface area contributed by atoms with Gasteiger partial charge in [0.25, 0.3) is 5.91 Å². The van der Waals surface area contributed by atoms with Crippen molar-refractivity contribution >= 4 is 29.3 Å². The van der Waals surface area contributed by atoms with E-state index in [1.54, 1.807) is 6.07 Å². The fourth-order valence-electron chi connectivity index (χ4n) is 2.65. The van der Waals surface area contributed by atoms with E-state index in [2.05, 4.69) is 0 Å². The summed E-state index contributed by atoms with van der Waals surface area (Å²) in [7, 11) is 0. The summed E-state index contributed by atoms with van der Waals surface area (Å²) in [5.74, 6) is -1.64. The third kappa shape index (κ3) is 3.46. The molecule has 0 aromatic heterocycles. The molecule has 0 bridgehead atoms. The highest BCUT2D eigenvalue weighted by Gasteiger charge is 2.40. The molecule has 0 spiro atoms. The molecule has 1 atom stereocenters. The van der Waals surface area contributed by atoms with Gasteiger partial charge < -0.3 is 5.73 Å². The van der Waals surface area contributed by atoms with Gasteiger partial charge in [0.15, 0.2) is 0 Å². The van der Waals surface area contributed by atoms with Crippen molar-refractivity contribution in [3.8, 4) is 6.07 Å². The van der Waals surface area contributed by atoms with Gasteiger partial charge in [0.2, 0.25) is 5.91 Å². The van der Waals surface area contributed by atoms with E-state index in [1.807, 2.05) is 30.3 Å². The highest BCUT2D eigenvalue weighted by molar-refractivity contribution is 8.05. The lowest BCUT2D eigenvalue weighted by atomic mass is 10.1. The van der Waals surface area contributed by atoms with Gasteiger partial charge in [-0.3, -0.25) is 14.5 Å². The standard InChI is InChI=1S/C19H14FN3O2S/c20-13-6-8-14(9-7-13)23-18(25)16(10-12-4-2-1-3-5-12)26-19(23)15(11-21)17(22)24/h1-9,16H,10H2,(H2,22,24)/b19-15+/t16-/m1/s1. The van der Waals surface area contributed by atoms with E-state index in [0.717, 1.165) is 17.3 Å². The lowest BCUT2D eigenvalue weighted by Crippen LogP contribution is -2.31. The zero-order valence-electron chi connectivity index (χ0n) is 13.6. The summed E-state index contributed by atoms with van der Waals surface area (Å²) in [6.07, 6.45) is 0.434. The minimum absolute atomic E-state index is 0.178. The van der Waals surface area contributed by atoms with Crippen molar-refractivity contribution in [3.05, 3.63) is 76.6 Å². The van der Waals surface area contributed by atoms with Crippen LogP contribution in [0.4, 0.5) is 10.1 Å². The van der Waals surface area contributed by atoms with Crippen LogP contribution in [0.3, 0.4) is 0 Å². The third-order valence-electron chi connectivity index (χ3n) is 3.87. The highest BCUT2D eigenvalue weighted by Crippen LogP contribution is 2.41. The average molecular weight is 367 g/mol. The lowest BCUT2D eigenvalue weighted by Gasteiger charge is -2.18. The SMILES string of the molecule is N#C/C(C(N)=O)=C1\S[C@H](Cc2ccccc2)C(=O)N1c1ccc(F)cc1. The molecule has 1 fully saturated rings. The average Bonchev–Trinajstić information content (AvgIpc) is 2.93. The molecule has 1 heterocycles. The number of nitriles is 1. The fourth-order valence-corrected chi connectivity index (χ4v) is 3.97. The van der Waals surface area contributed by atoms with Gasteiger partial charge in [0.1, 0.15) is 22.5 Å². The normalized spacial score (nSPS) is 18.5. The van der Waals surface area contributed by atoms with E-state index in [1.165, 1.54) is 29.2 Å². The second kappa shape index (κ2) is 7.42. The van der Waals surface area contributed by atoms with E-state index in [-0.39, 0.29) is 16.5 Å². The highest BCUT2D eigenvalue weighted by atomic mass is 32.2. The first-order valence-electron chi connectivity index (χ1n) is 7.75. The summed E-state index contributed by atoms with van der Waals surface area (Å²) in [6.45, 7) is 0. The molecule has 0 radical (unpaired) electrons. The molecule has 0 saturated carbocycles. The topological polar surface area (TPSA) is 87.2 Å². The van der Waals surface area contributed by atoms with Crippen LogP contribution in [-0.4, -0.2) is 17.1 Å². The predicted molar refractivity (Wildman–Crippen MR) is 97.2 cm³/mol. The Morgan fingerprint density at radius 1 is 1.19 bits per heavy atom. The number of carbonyl (C=O) groups excluding carboxylic acids is 2. The number of primary amides is 1. The number of anilines is 1. The monoisotopic (exact) mass is 367 g/mol. The van der Waals surface area contributed by atoms with Gasteiger partial charge in [-0.05, 0) is 36.2 Å². The van der Waals surface area contributed by atoms with Crippen LogP contribution in [0.2, 0.25) is 0 Å². The minimum Gasteiger partial charge on any atom is -0.365 e. The van der Waals surface area contributed by atoms with Crippen molar-refractivity contribution < 1.29 is 14.0 Å². The Labute approximate surface area is 153 Å². The smallest absolute Gasteiger partial charge is 0.262 e. The second-order valence-corrected chi connectivity index (χ2v) is 6.79. The van der Waals surface area contributed by atoms with E-state index < -0.39 is 17.0 Å². The van der Waals surface area contributed by atoms with Crippen LogP contribution in [0.5, 0.6) is 0 Å². The van der Waals surface area contributed by atoms with Crippen molar-refractivity contribution in [1.82, 2.24) is 0 Å². The van der Waals surface area contributed by atoms with Gasteiger partial charge in [-0.25, -0.2) is 4.39 Å². The van der Waals surface area contributed by atoms with Crippen LogP contribution in [-0.2, 0) is 16.0 Å². The first-order chi connectivity index (χ1) is 12.5. The van der Waals surface area contributed by atoms with Crippen LogP contribution < -0.4 is 10.6 Å². The molecule has 2 amide bonds. The molecular weight excluding hydrogens is 353 g/mol. The number of rotatable bonds is 4. The van der Waals surface area contributed by atoms with Gasteiger partial charge in [0.05, 0.1) is 5.25 Å². The first-order valence-corrected chi connectivity index (χ1v) is 8.63. The Hall–Kier alpha value is -3.11. The van der Waals surface area contributed by atoms with Gasteiger partial charge in [-0.15, -0.1) is 0 Å². The van der Waals surface area contributed by atoms with Crippen molar-refractivity contribution in [2.24, 2.45) is 5.73 Å². The van der Waals surface area contributed by atoms with Crippen LogP contribution in [0.15, 0.2) is 65.2 Å². The Morgan fingerprint density at radius 2 is 1.85 bits per heavy atom. The van der Waals surface area contributed by atoms with Crippen molar-refractivity contribution in [3.63, 3.8) is 0 Å². The molecule has 1 aliphatic heterocycles. The van der Waals surface area contributed by atoms with Crippen LogP contribution in [0.25, 0.3) is 0 Å². The number of carbonyl (C=O) groups is 2. The number of hydrogen-bond donors (Lipinski definition) is 1. The number of thioether (sulfide) groups is 1. The number of amides is 2. The van der Waals surface area contributed by atoms with Crippen LogP contribution in [0.1, 0.15) is 5.56 Å². The molecule has 0 unspecified atom stereocenters. The molecule has 0 aliphatic carbocycles. The number of halogens is 1. The fraction of sp³-hybridized carbons (Fsp3) is 0.105. The predicted octanol–water partition coefficient (Wildman–Crippen LogP) is 2.74. The van der Waals surface area contributed by atoms with E-state index in [4.69, 9.17) is 5.73 Å². The van der Waals surface area contributed by atoms with E-state index in [0.29, 0.717) is 12.1 Å². The number of nitrogens with two attached hydrogens (primary N) is 1. The maximum atomic E-state index is 13.2. The molecule has 7 heteroatoms. The zero-order chi connectivity index (χ0) is 18.7. The molecule has 2 aromatic rings. The van der Waals surface area contributed by atoms with Gasteiger partial charge in [-0.1, -0.05) is 42.1 Å². The quantitative estimate of drug-likeness (QED) is 0.665. The molecule has 130 valence electrons. The Bertz CT molecular complexity index is 920. The number of benzene rings is 2. The van der Waals surface area contributed by atoms with Crippen LogP contribution >= 0.6 is 11.8 Å². The largest absolute Gasteiger partial charge is 0.365 e. The maximum absolute atomic E-state index is 13.2. The first kappa shape index (κ1) is 17.7. The summed E-state index contributed by atoms with van der Waals surface area (Å²) in [4.78, 5) is 25.9. The molecule has 26 heavy (non-hydrogen) atoms. The summed E-state index contributed by atoms with van der Waals surface area (Å²) in [6, 6.07) is 16.5. The number of nitrogens with zero attached hydrogens (tertiary/aromatic N) is 2.